The predicted octanol–water partition coefficient (Wildman–Crippen LogP) is 8.21. The van der Waals surface area contributed by atoms with Crippen LogP contribution >= 0.6 is 7.14 Å². The number of benzene rings is 3. The van der Waals surface area contributed by atoms with Crippen LogP contribution in [0.15, 0.2) is 108 Å². The Hall–Kier alpha value is -2.89. The van der Waals surface area contributed by atoms with Gasteiger partial charge in [-0.15, -0.1) is 0 Å². The Labute approximate surface area is 199 Å². The van der Waals surface area contributed by atoms with Gasteiger partial charge in [0.15, 0.2) is 7.14 Å². The molecule has 0 fully saturated rings. The van der Waals surface area contributed by atoms with Gasteiger partial charge in [-0.25, -0.2) is 0 Å². The van der Waals surface area contributed by atoms with E-state index in [1.807, 2.05) is 60.7 Å². The lowest BCUT2D eigenvalue weighted by atomic mass is 9.89. The van der Waals surface area contributed by atoms with E-state index in [-0.39, 0.29) is 5.41 Å². The molecule has 33 heavy (non-hydrogen) atoms. The number of allylic oxidation sites excluding steroid dienone is 5. The Morgan fingerprint density at radius 3 is 1.91 bits per heavy atom. The Morgan fingerprint density at radius 1 is 0.818 bits per heavy atom. The van der Waals surface area contributed by atoms with E-state index in [1.54, 1.807) is 0 Å². The van der Waals surface area contributed by atoms with Crippen LogP contribution in [-0.4, -0.2) is 0 Å². The van der Waals surface area contributed by atoms with Gasteiger partial charge in [0, 0.05) is 15.9 Å². The lowest BCUT2D eigenvalue weighted by molar-refractivity contribution is 0.546. The summed E-state index contributed by atoms with van der Waals surface area (Å²) in [6.45, 7) is 8.85. The van der Waals surface area contributed by atoms with Crippen LogP contribution in [0.3, 0.4) is 0 Å². The van der Waals surface area contributed by atoms with E-state index in [0.717, 1.165) is 34.3 Å². The molecular formula is C31H33OP. The summed E-state index contributed by atoms with van der Waals surface area (Å²) >= 11 is 0. The van der Waals surface area contributed by atoms with Crippen molar-refractivity contribution in [1.82, 2.24) is 0 Å². The minimum Gasteiger partial charge on any atom is -0.309 e. The van der Waals surface area contributed by atoms with Gasteiger partial charge in [0.25, 0.3) is 0 Å². The standard InChI is InChI=1S/C31H33OP/c1-5-6-21-30(28-22-24-15-13-14-20-27(24)29(28)23-31(2,3)4)33(32,25-16-9-7-10-17-25)26-18-11-8-12-19-26/h7-23H,5-6H2,1-4H3/b29-23+,30-21+. The fourth-order valence-electron chi connectivity index (χ4n) is 4.44. The highest BCUT2D eigenvalue weighted by Crippen LogP contribution is 2.59. The molecule has 0 bridgehead atoms. The summed E-state index contributed by atoms with van der Waals surface area (Å²) in [7, 11) is -3.09. The second kappa shape index (κ2) is 9.54. The van der Waals surface area contributed by atoms with Crippen molar-refractivity contribution in [1.29, 1.82) is 0 Å². The molecule has 0 saturated heterocycles. The fraction of sp³-hybridized carbons (Fsp3) is 0.226. The van der Waals surface area contributed by atoms with Crippen molar-refractivity contribution in [3.05, 3.63) is 119 Å². The first kappa shape index (κ1) is 23.3. The quantitative estimate of drug-likeness (QED) is 0.344. The summed E-state index contributed by atoms with van der Waals surface area (Å²) < 4.78 is 15.3. The molecule has 0 spiro atoms. The average molecular weight is 453 g/mol. The second-order valence-corrected chi connectivity index (χ2v) is 12.5. The first-order chi connectivity index (χ1) is 15.8. The van der Waals surface area contributed by atoms with Crippen molar-refractivity contribution < 1.29 is 4.57 Å². The van der Waals surface area contributed by atoms with E-state index < -0.39 is 7.14 Å². The number of hydrogen-bond donors (Lipinski definition) is 0. The normalized spacial score (nSPS) is 15.5. The van der Waals surface area contributed by atoms with Gasteiger partial charge >= 0.3 is 0 Å². The summed E-state index contributed by atoms with van der Waals surface area (Å²) in [5, 5.41) is 2.71. The first-order valence-electron chi connectivity index (χ1n) is 11.8. The van der Waals surface area contributed by atoms with Crippen LogP contribution in [0.25, 0.3) is 11.6 Å². The van der Waals surface area contributed by atoms with E-state index in [4.69, 9.17) is 0 Å². The lowest BCUT2D eigenvalue weighted by Gasteiger charge is -2.26. The van der Waals surface area contributed by atoms with Gasteiger partial charge in [-0.2, -0.15) is 0 Å². The molecule has 0 amide bonds. The zero-order valence-corrected chi connectivity index (χ0v) is 21.0. The highest BCUT2D eigenvalue weighted by Gasteiger charge is 2.37. The molecule has 4 rings (SSSR count). The number of rotatable bonds is 6. The molecule has 0 unspecified atom stereocenters. The van der Waals surface area contributed by atoms with Crippen LogP contribution in [0.1, 0.15) is 51.7 Å². The maximum Gasteiger partial charge on any atom is 0.171 e. The highest BCUT2D eigenvalue weighted by atomic mass is 31.2. The van der Waals surface area contributed by atoms with E-state index in [9.17, 15) is 0 Å². The van der Waals surface area contributed by atoms with Crippen molar-refractivity contribution in [2.75, 3.05) is 0 Å². The number of unbranched alkanes of at least 4 members (excludes halogenated alkanes) is 1. The van der Waals surface area contributed by atoms with E-state index in [0.29, 0.717) is 0 Å². The maximum atomic E-state index is 15.3. The maximum absolute atomic E-state index is 15.3. The monoisotopic (exact) mass is 452 g/mol. The molecule has 0 N–H and O–H groups in total. The third-order valence-corrected chi connectivity index (χ3v) is 9.05. The molecule has 0 aliphatic heterocycles. The first-order valence-corrected chi connectivity index (χ1v) is 13.5. The van der Waals surface area contributed by atoms with Gasteiger partial charge in [-0.05, 0) is 40.2 Å². The Bertz CT molecular complexity index is 1210. The smallest absolute Gasteiger partial charge is 0.171 e. The molecule has 0 saturated carbocycles. The van der Waals surface area contributed by atoms with Crippen LogP contribution in [0.4, 0.5) is 0 Å². The van der Waals surface area contributed by atoms with Crippen molar-refractivity contribution in [2.45, 2.75) is 40.5 Å². The van der Waals surface area contributed by atoms with Gasteiger partial charge in [-0.1, -0.05) is 131 Å². The molecule has 0 aromatic heterocycles. The van der Waals surface area contributed by atoms with Gasteiger partial charge < -0.3 is 4.57 Å². The summed E-state index contributed by atoms with van der Waals surface area (Å²) in [6.07, 6.45) is 8.70. The molecule has 3 aromatic rings. The van der Waals surface area contributed by atoms with Gasteiger partial charge in [0.2, 0.25) is 0 Å². The second-order valence-electron chi connectivity index (χ2n) is 9.73. The minimum atomic E-state index is -3.09. The van der Waals surface area contributed by atoms with Crippen molar-refractivity contribution in [3.63, 3.8) is 0 Å². The summed E-state index contributed by atoms with van der Waals surface area (Å²) in [6, 6.07) is 28.5. The van der Waals surface area contributed by atoms with E-state index in [2.05, 4.69) is 70.2 Å². The predicted molar refractivity (Wildman–Crippen MR) is 145 cm³/mol. The summed E-state index contributed by atoms with van der Waals surface area (Å²) in [5.41, 5.74) is 4.68. The molecule has 1 aliphatic rings. The largest absolute Gasteiger partial charge is 0.309 e. The van der Waals surface area contributed by atoms with Crippen LogP contribution in [0.5, 0.6) is 0 Å². The molecule has 0 atom stereocenters. The molecule has 0 radical (unpaired) electrons. The fourth-order valence-corrected chi connectivity index (χ4v) is 7.39. The average Bonchev–Trinajstić information content (AvgIpc) is 3.17. The number of fused-ring (bicyclic) bond motifs is 1. The molecule has 168 valence electrons. The minimum absolute atomic E-state index is 0.00871. The van der Waals surface area contributed by atoms with Gasteiger partial charge in [0.05, 0.1) is 0 Å². The van der Waals surface area contributed by atoms with Crippen molar-refractivity contribution in [2.24, 2.45) is 5.41 Å². The zero-order valence-electron chi connectivity index (χ0n) is 20.1. The molecule has 3 aromatic carbocycles. The van der Waals surface area contributed by atoms with E-state index in [1.165, 1.54) is 16.7 Å². The van der Waals surface area contributed by atoms with Crippen LogP contribution < -0.4 is 10.6 Å². The van der Waals surface area contributed by atoms with Gasteiger partial charge in [0.1, 0.15) is 0 Å². The molecule has 2 heteroatoms. The molecule has 1 aliphatic carbocycles. The van der Waals surface area contributed by atoms with Crippen LogP contribution in [0, 0.1) is 5.41 Å². The van der Waals surface area contributed by atoms with E-state index >= 15 is 4.57 Å². The lowest BCUT2D eigenvalue weighted by Crippen LogP contribution is -2.18. The van der Waals surface area contributed by atoms with Gasteiger partial charge in [-0.3, -0.25) is 0 Å². The van der Waals surface area contributed by atoms with Crippen LogP contribution in [0.2, 0.25) is 0 Å². The molecule has 0 heterocycles. The van der Waals surface area contributed by atoms with Crippen molar-refractivity contribution in [3.8, 4) is 0 Å². The Balaban J connectivity index is 2.02. The summed E-state index contributed by atoms with van der Waals surface area (Å²) in [4.78, 5) is 0. The zero-order chi connectivity index (χ0) is 23.5. The Morgan fingerprint density at radius 2 is 1.36 bits per heavy atom. The highest BCUT2D eigenvalue weighted by molar-refractivity contribution is 7.82. The third-order valence-electron chi connectivity index (χ3n) is 5.90. The van der Waals surface area contributed by atoms with Crippen molar-refractivity contribution >= 4 is 29.4 Å². The molecule has 1 nitrogen and oxygen atoms in total. The Kier molecular flexibility index (Phi) is 6.73. The topological polar surface area (TPSA) is 17.1 Å². The van der Waals surface area contributed by atoms with Crippen LogP contribution in [-0.2, 0) is 4.57 Å². The third kappa shape index (κ3) is 4.75. The SMILES string of the molecule is CCC/C=C(\C1=Cc2ccccc2/C1=C\C(C)(C)C)P(=O)(c1ccccc1)c1ccccc1. The molecular weight excluding hydrogens is 419 g/mol. The number of hydrogen-bond acceptors (Lipinski definition) is 1. The summed E-state index contributed by atoms with van der Waals surface area (Å²) in [5.74, 6) is 0.